The maximum Gasteiger partial charge on any atom is 0.269 e. The third kappa shape index (κ3) is 4.19. The number of hydrogen-bond donors (Lipinski definition) is 3. The quantitative estimate of drug-likeness (QED) is 0.636. The average molecular weight is 333 g/mol. The van der Waals surface area contributed by atoms with Gasteiger partial charge in [-0.2, -0.15) is 0 Å². The summed E-state index contributed by atoms with van der Waals surface area (Å²) in [6, 6.07) is 0. The lowest BCUT2D eigenvalue weighted by atomic mass is 9.97. The van der Waals surface area contributed by atoms with Crippen LogP contribution in [0.2, 0.25) is 0 Å². The molecule has 1 aliphatic carbocycles. The van der Waals surface area contributed by atoms with Gasteiger partial charge in [0.25, 0.3) is 10.0 Å². The topological polar surface area (TPSA) is 127 Å². The summed E-state index contributed by atoms with van der Waals surface area (Å²) in [6.45, 7) is 2.26. The zero-order valence-corrected chi connectivity index (χ0v) is 13.3. The lowest BCUT2D eigenvalue weighted by molar-refractivity contribution is -0.114. The van der Waals surface area contributed by atoms with E-state index < -0.39 is 10.0 Å². The molecule has 0 aliphatic heterocycles. The summed E-state index contributed by atoms with van der Waals surface area (Å²) in [4.78, 5) is 10.9. The first kappa shape index (κ1) is 16.3. The first-order chi connectivity index (χ1) is 9.92. The maximum absolute atomic E-state index is 12.1. The number of anilines is 1. The Balaban J connectivity index is 1.98. The van der Waals surface area contributed by atoms with Crippen LogP contribution in [0.1, 0.15) is 26.2 Å². The molecule has 1 aromatic rings. The lowest BCUT2D eigenvalue weighted by Gasteiger charge is -2.17. The van der Waals surface area contributed by atoms with Crippen molar-refractivity contribution >= 4 is 32.4 Å². The predicted octanol–water partition coefficient (Wildman–Crippen LogP) is 0.150. The van der Waals surface area contributed by atoms with Crippen molar-refractivity contribution in [2.24, 2.45) is 17.6 Å². The van der Waals surface area contributed by atoms with E-state index in [4.69, 9.17) is 5.73 Å². The van der Waals surface area contributed by atoms with Crippen LogP contribution in [0, 0.1) is 11.8 Å². The van der Waals surface area contributed by atoms with Crippen LogP contribution in [0.5, 0.6) is 0 Å². The minimum absolute atomic E-state index is 0.145. The Hall–Kier alpha value is -1.10. The highest BCUT2D eigenvalue weighted by Gasteiger charge is 2.28. The molecule has 2 atom stereocenters. The van der Waals surface area contributed by atoms with Crippen molar-refractivity contribution in [2.75, 3.05) is 18.4 Å². The van der Waals surface area contributed by atoms with E-state index in [2.05, 4.69) is 20.2 Å². The number of nitrogens with two attached hydrogens (primary N) is 1. The molecule has 0 bridgehead atoms. The molecule has 2 unspecified atom stereocenters. The summed E-state index contributed by atoms with van der Waals surface area (Å²) in [5, 5.41) is 9.81. The molecule has 1 aliphatic rings. The van der Waals surface area contributed by atoms with E-state index in [9.17, 15) is 13.2 Å². The van der Waals surface area contributed by atoms with Crippen LogP contribution in [-0.2, 0) is 14.8 Å². The van der Waals surface area contributed by atoms with Gasteiger partial charge in [-0.1, -0.05) is 17.8 Å². The van der Waals surface area contributed by atoms with E-state index >= 15 is 0 Å². The fourth-order valence-corrected chi connectivity index (χ4v) is 4.57. The normalized spacial score (nSPS) is 22.4. The first-order valence-corrected chi connectivity index (χ1v) is 9.03. The van der Waals surface area contributed by atoms with Crippen molar-refractivity contribution in [1.29, 1.82) is 0 Å². The lowest BCUT2D eigenvalue weighted by Crippen LogP contribution is -2.32. The molecular formula is C11H19N5O3S2. The standard InChI is InChI=1S/C11H19N5O3S2/c1-7(17)14-10-15-16-11(20-10)21(18,19)13-6-9-4-2-3-8(9)5-12/h8-9,13H,2-6,12H2,1H3,(H,14,15,17). The molecule has 21 heavy (non-hydrogen) atoms. The van der Waals surface area contributed by atoms with Gasteiger partial charge in [-0.05, 0) is 31.2 Å². The van der Waals surface area contributed by atoms with E-state index in [0.717, 1.165) is 30.6 Å². The number of amides is 1. The van der Waals surface area contributed by atoms with Gasteiger partial charge in [0.1, 0.15) is 0 Å². The van der Waals surface area contributed by atoms with Gasteiger partial charge in [0, 0.05) is 13.5 Å². The van der Waals surface area contributed by atoms with E-state index in [0.29, 0.717) is 19.0 Å². The molecule has 0 radical (unpaired) electrons. The van der Waals surface area contributed by atoms with Crippen LogP contribution >= 0.6 is 11.3 Å². The number of carbonyl (C=O) groups excluding carboxylic acids is 1. The third-order valence-electron chi connectivity index (χ3n) is 3.57. The Labute approximate surface area is 127 Å². The minimum atomic E-state index is -3.69. The van der Waals surface area contributed by atoms with Crippen LogP contribution in [-0.4, -0.2) is 37.6 Å². The molecule has 0 aromatic carbocycles. The zero-order chi connectivity index (χ0) is 15.5. The fourth-order valence-electron chi connectivity index (χ4n) is 2.49. The molecule has 118 valence electrons. The smallest absolute Gasteiger partial charge is 0.269 e. The third-order valence-corrected chi connectivity index (χ3v) is 6.20. The molecule has 1 heterocycles. The number of sulfonamides is 1. The Morgan fingerprint density at radius 3 is 2.76 bits per heavy atom. The van der Waals surface area contributed by atoms with E-state index in [1.807, 2.05) is 0 Å². The number of rotatable bonds is 6. The van der Waals surface area contributed by atoms with Crippen LogP contribution in [0.3, 0.4) is 0 Å². The molecule has 1 fully saturated rings. The molecule has 0 spiro atoms. The zero-order valence-electron chi connectivity index (χ0n) is 11.7. The van der Waals surface area contributed by atoms with Crippen molar-refractivity contribution in [3.05, 3.63) is 0 Å². The van der Waals surface area contributed by atoms with Crippen LogP contribution < -0.4 is 15.8 Å². The maximum atomic E-state index is 12.1. The second-order valence-corrected chi connectivity index (χ2v) is 8.01. The molecule has 10 heteroatoms. The van der Waals surface area contributed by atoms with E-state index in [1.165, 1.54) is 6.92 Å². The monoisotopic (exact) mass is 333 g/mol. The summed E-state index contributed by atoms with van der Waals surface area (Å²) in [5.74, 6) is 0.323. The number of hydrogen-bond acceptors (Lipinski definition) is 7. The molecule has 1 aromatic heterocycles. The predicted molar refractivity (Wildman–Crippen MR) is 79.3 cm³/mol. The highest BCUT2D eigenvalue weighted by Crippen LogP contribution is 2.30. The highest BCUT2D eigenvalue weighted by atomic mass is 32.2. The van der Waals surface area contributed by atoms with Crippen LogP contribution in [0.25, 0.3) is 0 Å². The molecular weight excluding hydrogens is 314 g/mol. The summed E-state index contributed by atoms with van der Waals surface area (Å²) in [5.41, 5.74) is 5.69. The Morgan fingerprint density at radius 2 is 2.10 bits per heavy atom. The van der Waals surface area contributed by atoms with Crippen LogP contribution in [0.4, 0.5) is 5.13 Å². The molecule has 1 amide bonds. The number of aromatic nitrogens is 2. The van der Waals surface area contributed by atoms with Crippen molar-refractivity contribution < 1.29 is 13.2 Å². The van der Waals surface area contributed by atoms with Gasteiger partial charge in [-0.25, -0.2) is 13.1 Å². The summed E-state index contributed by atoms with van der Waals surface area (Å²) in [7, 11) is -3.69. The number of nitrogens with one attached hydrogen (secondary N) is 2. The Morgan fingerprint density at radius 1 is 1.38 bits per heavy atom. The van der Waals surface area contributed by atoms with Gasteiger partial charge >= 0.3 is 0 Å². The van der Waals surface area contributed by atoms with Crippen LogP contribution in [0.15, 0.2) is 4.34 Å². The number of carbonyl (C=O) groups is 1. The van der Waals surface area contributed by atoms with E-state index in [-0.39, 0.29) is 21.3 Å². The molecule has 2 rings (SSSR count). The highest BCUT2D eigenvalue weighted by molar-refractivity contribution is 7.91. The van der Waals surface area contributed by atoms with E-state index in [1.54, 1.807) is 0 Å². The van der Waals surface area contributed by atoms with Crippen molar-refractivity contribution in [2.45, 2.75) is 30.5 Å². The second kappa shape index (κ2) is 6.77. The van der Waals surface area contributed by atoms with Gasteiger partial charge in [-0.15, -0.1) is 10.2 Å². The molecule has 0 saturated heterocycles. The first-order valence-electron chi connectivity index (χ1n) is 6.73. The van der Waals surface area contributed by atoms with Gasteiger partial charge in [-0.3, -0.25) is 4.79 Å². The summed E-state index contributed by atoms with van der Waals surface area (Å²) >= 11 is 0.828. The minimum Gasteiger partial charge on any atom is -0.330 e. The molecule has 1 saturated carbocycles. The van der Waals surface area contributed by atoms with Crippen molar-refractivity contribution in [3.8, 4) is 0 Å². The SMILES string of the molecule is CC(=O)Nc1nnc(S(=O)(=O)NCC2CCCC2CN)s1. The second-order valence-electron chi connectivity index (χ2n) is 5.09. The largest absolute Gasteiger partial charge is 0.330 e. The van der Waals surface area contributed by atoms with Crippen molar-refractivity contribution in [3.63, 3.8) is 0 Å². The van der Waals surface area contributed by atoms with Gasteiger partial charge in [0.05, 0.1) is 0 Å². The molecule has 4 N–H and O–H groups in total. The number of nitrogens with zero attached hydrogens (tertiary/aromatic N) is 2. The average Bonchev–Trinajstić information content (AvgIpc) is 3.04. The Bertz CT molecular complexity index is 601. The van der Waals surface area contributed by atoms with Gasteiger partial charge in [0.2, 0.25) is 15.4 Å². The summed E-state index contributed by atoms with van der Waals surface area (Å²) < 4.78 is 26.7. The van der Waals surface area contributed by atoms with Gasteiger partial charge in [0.15, 0.2) is 0 Å². The summed E-state index contributed by atoms with van der Waals surface area (Å²) in [6.07, 6.45) is 3.12. The van der Waals surface area contributed by atoms with Crippen molar-refractivity contribution in [1.82, 2.24) is 14.9 Å². The van der Waals surface area contributed by atoms with Gasteiger partial charge < -0.3 is 11.1 Å². The fraction of sp³-hybridized carbons (Fsp3) is 0.727. The Kier molecular flexibility index (Phi) is 5.25. The molecule has 8 nitrogen and oxygen atoms in total.